The monoisotopic (exact) mass is 298 g/mol. The molecular formula is C12H15ClN4O3. The number of alkyl halides is 1. The molecule has 2 aromatic heterocycles. The van der Waals surface area contributed by atoms with Crippen LogP contribution in [-0.4, -0.2) is 48.4 Å². The van der Waals surface area contributed by atoms with E-state index in [0.29, 0.717) is 16.9 Å². The van der Waals surface area contributed by atoms with Crippen LogP contribution in [0, 0.1) is 0 Å². The molecule has 0 spiro atoms. The van der Waals surface area contributed by atoms with Crippen LogP contribution in [0.3, 0.4) is 0 Å². The van der Waals surface area contributed by atoms with Crippen LogP contribution in [0.4, 0.5) is 5.82 Å². The second-order valence-electron chi connectivity index (χ2n) is 5.02. The van der Waals surface area contributed by atoms with Crippen molar-refractivity contribution in [3.63, 3.8) is 0 Å². The van der Waals surface area contributed by atoms with E-state index in [1.165, 1.54) is 6.33 Å². The highest BCUT2D eigenvalue weighted by Gasteiger charge is 2.53. The Morgan fingerprint density at radius 2 is 2.30 bits per heavy atom. The predicted octanol–water partition coefficient (Wildman–Crippen LogP) is 0.262. The summed E-state index contributed by atoms with van der Waals surface area (Å²) < 4.78 is 7.35. The lowest BCUT2D eigenvalue weighted by atomic mass is 10.0. The van der Waals surface area contributed by atoms with Gasteiger partial charge in [-0.05, 0) is 13.0 Å². The molecule has 20 heavy (non-hydrogen) atoms. The van der Waals surface area contributed by atoms with Crippen LogP contribution in [0.15, 0.2) is 18.6 Å². The molecule has 2 aromatic rings. The van der Waals surface area contributed by atoms with E-state index in [1.54, 1.807) is 23.8 Å². The largest absolute Gasteiger partial charge is 0.394 e. The molecule has 1 aliphatic heterocycles. The molecule has 3 heterocycles. The van der Waals surface area contributed by atoms with Gasteiger partial charge in [0, 0.05) is 6.20 Å². The van der Waals surface area contributed by atoms with Crippen molar-refractivity contribution < 1.29 is 14.9 Å². The first-order valence-electron chi connectivity index (χ1n) is 6.17. The number of aromatic nitrogens is 3. The van der Waals surface area contributed by atoms with E-state index in [9.17, 15) is 10.2 Å². The second kappa shape index (κ2) is 4.56. The molecule has 4 unspecified atom stereocenters. The molecule has 0 radical (unpaired) electrons. The molecule has 1 aliphatic rings. The van der Waals surface area contributed by atoms with Crippen molar-refractivity contribution in [1.29, 1.82) is 0 Å². The zero-order chi connectivity index (χ0) is 14.5. The van der Waals surface area contributed by atoms with Gasteiger partial charge in [-0.2, -0.15) is 0 Å². The predicted molar refractivity (Wildman–Crippen MR) is 73.2 cm³/mol. The highest BCUT2D eigenvalue weighted by Crippen LogP contribution is 2.44. The molecule has 7 nitrogen and oxygen atoms in total. The van der Waals surface area contributed by atoms with Crippen LogP contribution in [0.1, 0.15) is 13.2 Å². The number of hydrogen-bond acceptors (Lipinski definition) is 6. The van der Waals surface area contributed by atoms with Crippen molar-refractivity contribution in [1.82, 2.24) is 14.5 Å². The number of aliphatic hydroxyl groups is 2. The molecule has 4 N–H and O–H groups in total. The fraction of sp³-hybridized carbons (Fsp3) is 0.500. The van der Waals surface area contributed by atoms with Crippen LogP contribution in [0.2, 0.25) is 0 Å². The molecule has 108 valence electrons. The highest BCUT2D eigenvalue weighted by atomic mass is 35.5. The van der Waals surface area contributed by atoms with E-state index >= 15 is 0 Å². The third-order valence-electron chi connectivity index (χ3n) is 3.69. The van der Waals surface area contributed by atoms with Gasteiger partial charge in [-0.15, -0.1) is 11.6 Å². The Balaban J connectivity index is 2.10. The van der Waals surface area contributed by atoms with Gasteiger partial charge in [0.15, 0.2) is 6.23 Å². The number of nitrogens with zero attached hydrogens (tertiary/aromatic N) is 3. The summed E-state index contributed by atoms with van der Waals surface area (Å²) in [7, 11) is 0. The number of fused-ring (bicyclic) bond motifs is 1. The summed E-state index contributed by atoms with van der Waals surface area (Å²) in [5, 5.41) is 20.1. The molecule has 1 fully saturated rings. The fourth-order valence-corrected chi connectivity index (χ4v) is 2.84. The summed E-state index contributed by atoms with van der Waals surface area (Å²) in [6.45, 7) is 1.35. The van der Waals surface area contributed by atoms with Crippen LogP contribution < -0.4 is 5.73 Å². The standard InChI is InChI=1S/C12H15ClN4O3/c1-12(13)8(19)7(4-18)20-11(12)17-3-2-6-9(14)15-5-16-10(6)17/h2-3,5,7-8,11,18-19H,4H2,1H3,(H2,14,15,16). The van der Waals surface area contributed by atoms with Crippen molar-refractivity contribution in [3.05, 3.63) is 18.6 Å². The van der Waals surface area contributed by atoms with E-state index in [2.05, 4.69) is 9.97 Å². The summed E-state index contributed by atoms with van der Waals surface area (Å²) in [5.74, 6) is 0.363. The first-order valence-corrected chi connectivity index (χ1v) is 6.55. The SMILES string of the molecule is CC1(Cl)C(O)C(CO)OC1n1ccc2c(N)ncnc21. The number of halogens is 1. The minimum Gasteiger partial charge on any atom is -0.394 e. The van der Waals surface area contributed by atoms with E-state index in [1.807, 2.05) is 0 Å². The second-order valence-corrected chi connectivity index (χ2v) is 5.84. The maximum absolute atomic E-state index is 10.1. The van der Waals surface area contributed by atoms with E-state index in [4.69, 9.17) is 22.1 Å². The van der Waals surface area contributed by atoms with Crippen molar-refractivity contribution in [3.8, 4) is 0 Å². The van der Waals surface area contributed by atoms with Crippen molar-refractivity contribution in [2.45, 2.75) is 30.2 Å². The van der Waals surface area contributed by atoms with E-state index in [-0.39, 0.29) is 6.61 Å². The zero-order valence-electron chi connectivity index (χ0n) is 10.8. The third kappa shape index (κ3) is 1.78. The van der Waals surface area contributed by atoms with Gasteiger partial charge >= 0.3 is 0 Å². The van der Waals surface area contributed by atoms with Gasteiger partial charge in [0.2, 0.25) is 0 Å². The number of hydrogen-bond donors (Lipinski definition) is 3. The molecule has 0 bridgehead atoms. The minimum atomic E-state index is -1.08. The normalized spacial score (nSPS) is 33.9. The lowest BCUT2D eigenvalue weighted by molar-refractivity contribution is -0.0439. The minimum absolute atomic E-state index is 0.309. The lowest BCUT2D eigenvalue weighted by Gasteiger charge is -2.26. The van der Waals surface area contributed by atoms with Crippen LogP contribution in [0.5, 0.6) is 0 Å². The Hall–Kier alpha value is -1.41. The average Bonchev–Trinajstić information content (AvgIpc) is 2.92. The van der Waals surface area contributed by atoms with Gasteiger partial charge in [0.1, 0.15) is 34.9 Å². The summed E-state index contributed by atoms with van der Waals surface area (Å²) >= 11 is 6.41. The van der Waals surface area contributed by atoms with Crippen LogP contribution in [-0.2, 0) is 4.74 Å². The smallest absolute Gasteiger partial charge is 0.157 e. The molecule has 8 heteroatoms. The van der Waals surface area contributed by atoms with Crippen LogP contribution in [0.25, 0.3) is 11.0 Å². The molecule has 3 rings (SSSR count). The highest BCUT2D eigenvalue weighted by molar-refractivity contribution is 6.24. The molecule has 1 saturated heterocycles. The Kier molecular flexibility index (Phi) is 3.09. The average molecular weight is 299 g/mol. The molecule has 0 amide bonds. The van der Waals surface area contributed by atoms with Crippen molar-refractivity contribution in [2.24, 2.45) is 0 Å². The number of anilines is 1. The van der Waals surface area contributed by atoms with Crippen molar-refractivity contribution >= 4 is 28.5 Å². The summed E-state index contributed by atoms with van der Waals surface area (Å²) in [5.41, 5.74) is 6.36. The number of nitrogens with two attached hydrogens (primary N) is 1. The Morgan fingerprint density at radius 3 is 2.95 bits per heavy atom. The number of nitrogen functional groups attached to an aromatic ring is 1. The van der Waals surface area contributed by atoms with Crippen molar-refractivity contribution in [2.75, 3.05) is 12.3 Å². The van der Waals surface area contributed by atoms with Gasteiger partial charge < -0.3 is 25.3 Å². The Morgan fingerprint density at radius 1 is 1.55 bits per heavy atom. The summed E-state index contributed by atoms with van der Waals surface area (Å²) in [6.07, 6.45) is 0.695. The van der Waals surface area contributed by atoms with Gasteiger partial charge in [-0.25, -0.2) is 9.97 Å². The maximum atomic E-state index is 10.1. The van der Waals surface area contributed by atoms with Gasteiger partial charge in [0.25, 0.3) is 0 Å². The Labute approximate surface area is 120 Å². The lowest BCUT2D eigenvalue weighted by Crippen LogP contribution is -2.39. The first-order chi connectivity index (χ1) is 9.46. The molecular weight excluding hydrogens is 284 g/mol. The number of rotatable bonds is 2. The van der Waals surface area contributed by atoms with Gasteiger partial charge in [0.05, 0.1) is 12.0 Å². The number of ether oxygens (including phenoxy) is 1. The van der Waals surface area contributed by atoms with Gasteiger partial charge in [-0.1, -0.05) is 0 Å². The zero-order valence-corrected chi connectivity index (χ0v) is 11.5. The van der Waals surface area contributed by atoms with E-state index in [0.717, 1.165) is 0 Å². The first kappa shape index (κ1) is 13.6. The van der Waals surface area contributed by atoms with E-state index < -0.39 is 23.3 Å². The molecule has 0 aromatic carbocycles. The van der Waals surface area contributed by atoms with Gasteiger partial charge in [-0.3, -0.25) is 0 Å². The third-order valence-corrected chi connectivity index (χ3v) is 4.10. The summed E-state index contributed by atoms with van der Waals surface area (Å²) in [4.78, 5) is 7.01. The quantitative estimate of drug-likeness (QED) is 0.687. The maximum Gasteiger partial charge on any atom is 0.157 e. The molecule has 0 aliphatic carbocycles. The topological polar surface area (TPSA) is 106 Å². The Bertz CT molecular complexity index is 645. The summed E-state index contributed by atoms with van der Waals surface area (Å²) in [6, 6.07) is 1.76. The molecule has 4 atom stereocenters. The number of aliphatic hydroxyl groups excluding tert-OH is 2. The fourth-order valence-electron chi connectivity index (χ4n) is 2.54. The van der Waals surface area contributed by atoms with Crippen LogP contribution >= 0.6 is 11.6 Å². The molecule has 0 saturated carbocycles.